The Kier molecular flexibility index (Phi) is 3.56. The maximum atomic E-state index is 9.05. The van der Waals surface area contributed by atoms with Crippen LogP contribution in [0.2, 0.25) is 0 Å². The van der Waals surface area contributed by atoms with E-state index >= 15 is 0 Å². The minimum atomic E-state index is 0.0739. The van der Waals surface area contributed by atoms with Crippen LogP contribution in [-0.2, 0) is 13.2 Å². The van der Waals surface area contributed by atoms with Crippen LogP contribution in [-0.4, -0.2) is 19.6 Å². The van der Waals surface area contributed by atoms with Crippen molar-refractivity contribution in [2.45, 2.75) is 13.2 Å². The highest BCUT2D eigenvalue weighted by molar-refractivity contribution is 5.49. The summed E-state index contributed by atoms with van der Waals surface area (Å²) in [5.74, 6) is 0.858. The summed E-state index contributed by atoms with van der Waals surface area (Å²) in [5, 5.41) is 9.05. The van der Waals surface area contributed by atoms with Crippen molar-refractivity contribution in [3.8, 4) is 11.5 Å². The Hall–Kier alpha value is -2.46. The molecule has 0 aliphatic carbocycles. The smallest absolute Gasteiger partial charge is 0.158 e. The molecule has 4 heteroatoms. The maximum absolute atomic E-state index is 9.05. The number of hydrogen-bond donors (Lipinski definition) is 1. The van der Waals surface area contributed by atoms with Crippen molar-refractivity contribution in [3.63, 3.8) is 0 Å². The number of benzene rings is 1. The molecule has 0 saturated heterocycles. The fraction of sp³-hybridized carbons (Fsp3) is 0.125. The molecule has 3 rings (SSSR count). The van der Waals surface area contributed by atoms with Gasteiger partial charge in [0, 0.05) is 25.1 Å². The zero-order valence-electron chi connectivity index (χ0n) is 11.0. The first-order valence-electron chi connectivity index (χ1n) is 6.48. The fourth-order valence-electron chi connectivity index (χ4n) is 2.11. The van der Waals surface area contributed by atoms with E-state index in [1.807, 2.05) is 48.7 Å². The quantitative estimate of drug-likeness (QED) is 0.788. The Balaban J connectivity index is 1.86. The third-order valence-corrected chi connectivity index (χ3v) is 3.17. The first kappa shape index (κ1) is 12.6. The SMILES string of the molecule is OCc1ccc(Cn2ccnc2-c2ccccn2)cc1. The molecule has 0 unspecified atom stereocenters. The summed E-state index contributed by atoms with van der Waals surface area (Å²) >= 11 is 0. The molecule has 0 bridgehead atoms. The molecule has 2 heterocycles. The van der Waals surface area contributed by atoms with E-state index in [0.29, 0.717) is 0 Å². The largest absolute Gasteiger partial charge is 0.392 e. The number of aliphatic hydroxyl groups excluding tert-OH is 1. The van der Waals surface area contributed by atoms with Crippen molar-refractivity contribution in [1.29, 1.82) is 0 Å². The van der Waals surface area contributed by atoms with Crippen molar-refractivity contribution >= 4 is 0 Å². The fourth-order valence-corrected chi connectivity index (χ4v) is 2.11. The molecule has 20 heavy (non-hydrogen) atoms. The second-order valence-electron chi connectivity index (χ2n) is 4.57. The maximum Gasteiger partial charge on any atom is 0.158 e. The van der Waals surface area contributed by atoms with Gasteiger partial charge in [-0.15, -0.1) is 0 Å². The number of aromatic nitrogens is 3. The minimum Gasteiger partial charge on any atom is -0.392 e. The van der Waals surface area contributed by atoms with E-state index < -0.39 is 0 Å². The monoisotopic (exact) mass is 265 g/mol. The molecule has 0 saturated carbocycles. The van der Waals surface area contributed by atoms with Crippen LogP contribution in [0.15, 0.2) is 61.1 Å². The number of pyridine rings is 1. The van der Waals surface area contributed by atoms with Crippen molar-refractivity contribution in [2.24, 2.45) is 0 Å². The minimum absolute atomic E-state index is 0.0739. The van der Waals surface area contributed by atoms with E-state index in [1.165, 1.54) is 0 Å². The van der Waals surface area contributed by atoms with Gasteiger partial charge in [0.1, 0.15) is 5.69 Å². The van der Waals surface area contributed by atoms with Crippen LogP contribution in [0, 0.1) is 0 Å². The predicted octanol–water partition coefficient (Wildman–Crippen LogP) is 2.49. The average molecular weight is 265 g/mol. The molecular weight excluding hydrogens is 250 g/mol. The zero-order chi connectivity index (χ0) is 13.8. The van der Waals surface area contributed by atoms with Gasteiger partial charge < -0.3 is 9.67 Å². The highest BCUT2D eigenvalue weighted by Crippen LogP contribution is 2.16. The van der Waals surface area contributed by atoms with Gasteiger partial charge in [0.25, 0.3) is 0 Å². The second kappa shape index (κ2) is 5.67. The molecule has 3 aromatic rings. The normalized spacial score (nSPS) is 10.7. The third-order valence-electron chi connectivity index (χ3n) is 3.17. The van der Waals surface area contributed by atoms with Gasteiger partial charge >= 0.3 is 0 Å². The van der Waals surface area contributed by atoms with Gasteiger partial charge in [0.2, 0.25) is 0 Å². The van der Waals surface area contributed by atoms with E-state index in [2.05, 4.69) is 14.5 Å². The molecule has 0 spiro atoms. The highest BCUT2D eigenvalue weighted by atomic mass is 16.3. The van der Waals surface area contributed by atoms with Gasteiger partial charge in [0.05, 0.1) is 6.61 Å². The summed E-state index contributed by atoms with van der Waals surface area (Å²) in [5.41, 5.74) is 2.95. The topological polar surface area (TPSA) is 50.9 Å². The van der Waals surface area contributed by atoms with Gasteiger partial charge in [0.15, 0.2) is 5.82 Å². The Labute approximate surface area is 117 Å². The molecule has 2 aromatic heterocycles. The summed E-state index contributed by atoms with van der Waals surface area (Å²) < 4.78 is 2.07. The number of nitrogens with zero attached hydrogens (tertiary/aromatic N) is 3. The van der Waals surface area contributed by atoms with Gasteiger partial charge in [-0.2, -0.15) is 0 Å². The van der Waals surface area contributed by atoms with E-state index in [0.717, 1.165) is 29.2 Å². The molecular formula is C16H15N3O. The molecule has 0 atom stereocenters. The van der Waals surface area contributed by atoms with Crippen LogP contribution in [0.4, 0.5) is 0 Å². The molecule has 0 radical (unpaired) electrons. The Morgan fingerprint density at radius 1 is 0.900 bits per heavy atom. The predicted molar refractivity (Wildman–Crippen MR) is 76.9 cm³/mol. The Morgan fingerprint density at radius 2 is 1.70 bits per heavy atom. The number of aliphatic hydroxyl groups is 1. The van der Waals surface area contributed by atoms with E-state index in [9.17, 15) is 0 Å². The van der Waals surface area contributed by atoms with Gasteiger partial charge in [-0.05, 0) is 23.3 Å². The lowest BCUT2D eigenvalue weighted by atomic mass is 10.1. The summed E-state index contributed by atoms with van der Waals surface area (Å²) in [7, 11) is 0. The number of rotatable bonds is 4. The average Bonchev–Trinajstić information content (AvgIpc) is 2.97. The van der Waals surface area contributed by atoms with E-state index in [1.54, 1.807) is 12.4 Å². The van der Waals surface area contributed by atoms with Crippen molar-refractivity contribution < 1.29 is 5.11 Å². The lowest BCUT2D eigenvalue weighted by Gasteiger charge is -2.08. The van der Waals surface area contributed by atoms with Crippen LogP contribution in [0.5, 0.6) is 0 Å². The molecule has 0 aliphatic heterocycles. The molecule has 4 nitrogen and oxygen atoms in total. The first-order chi connectivity index (χ1) is 9.86. The Bertz CT molecular complexity index is 674. The summed E-state index contributed by atoms with van der Waals surface area (Å²) in [4.78, 5) is 8.71. The Morgan fingerprint density at radius 3 is 2.40 bits per heavy atom. The van der Waals surface area contributed by atoms with Crippen molar-refractivity contribution in [3.05, 3.63) is 72.2 Å². The molecule has 1 aromatic carbocycles. The lowest BCUT2D eigenvalue weighted by Crippen LogP contribution is -2.02. The van der Waals surface area contributed by atoms with E-state index in [4.69, 9.17) is 5.11 Å². The molecule has 100 valence electrons. The molecule has 0 fully saturated rings. The van der Waals surface area contributed by atoms with Gasteiger partial charge in [-0.25, -0.2) is 4.98 Å². The number of imidazole rings is 1. The lowest BCUT2D eigenvalue weighted by molar-refractivity contribution is 0.282. The zero-order valence-corrected chi connectivity index (χ0v) is 11.0. The van der Waals surface area contributed by atoms with Crippen molar-refractivity contribution in [1.82, 2.24) is 14.5 Å². The first-order valence-corrected chi connectivity index (χ1v) is 6.48. The molecule has 1 N–H and O–H groups in total. The second-order valence-corrected chi connectivity index (χ2v) is 4.57. The third kappa shape index (κ3) is 2.60. The standard InChI is InChI=1S/C16H15N3O/c20-12-14-6-4-13(5-7-14)11-19-10-9-18-16(19)15-3-1-2-8-17-15/h1-10,20H,11-12H2. The van der Waals surface area contributed by atoms with Gasteiger partial charge in [-0.1, -0.05) is 30.3 Å². The number of hydrogen-bond acceptors (Lipinski definition) is 3. The summed E-state index contributed by atoms with van der Waals surface area (Å²) in [6.07, 6.45) is 5.50. The summed E-state index contributed by atoms with van der Waals surface area (Å²) in [6.45, 7) is 0.808. The molecule has 0 amide bonds. The van der Waals surface area contributed by atoms with Gasteiger partial charge in [-0.3, -0.25) is 4.98 Å². The molecule has 0 aliphatic rings. The van der Waals surface area contributed by atoms with Crippen LogP contribution >= 0.6 is 0 Å². The van der Waals surface area contributed by atoms with Crippen molar-refractivity contribution in [2.75, 3.05) is 0 Å². The van der Waals surface area contributed by atoms with E-state index in [-0.39, 0.29) is 6.61 Å². The highest BCUT2D eigenvalue weighted by Gasteiger charge is 2.07. The van der Waals surface area contributed by atoms with Crippen LogP contribution in [0.1, 0.15) is 11.1 Å². The van der Waals surface area contributed by atoms with Crippen LogP contribution in [0.3, 0.4) is 0 Å². The van der Waals surface area contributed by atoms with Crippen LogP contribution in [0.25, 0.3) is 11.5 Å². The summed E-state index contributed by atoms with van der Waals surface area (Å²) in [6, 6.07) is 13.7. The van der Waals surface area contributed by atoms with Crippen LogP contribution < -0.4 is 0 Å².